The van der Waals surface area contributed by atoms with E-state index in [0.29, 0.717) is 16.6 Å². The molecule has 1 unspecified atom stereocenters. The Morgan fingerprint density at radius 3 is 1.77 bits per heavy atom. The van der Waals surface area contributed by atoms with Crippen LogP contribution in [0.15, 0.2) is 30.3 Å². The van der Waals surface area contributed by atoms with Crippen LogP contribution in [0.4, 0.5) is 0 Å². The zero-order valence-corrected chi connectivity index (χ0v) is 15.6. The van der Waals surface area contributed by atoms with Gasteiger partial charge in [-0.25, -0.2) is 0 Å². The van der Waals surface area contributed by atoms with Crippen molar-refractivity contribution in [2.45, 2.75) is 64.3 Å². The number of hydrogen-bond acceptors (Lipinski definition) is 1. The molecule has 2 heteroatoms. The van der Waals surface area contributed by atoms with Crippen LogP contribution in [-0.2, 0) is 0 Å². The van der Waals surface area contributed by atoms with E-state index in [1.165, 1.54) is 0 Å². The minimum Gasteiger partial charge on any atom is -0.369 e. The maximum absolute atomic E-state index is 10.1. The summed E-state index contributed by atoms with van der Waals surface area (Å²) in [7, 11) is -1.79. The third kappa shape index (κ3) is 4.50. The monoisotopic (exact) mass is 312 g/mol. The van der Waals surface area contributed by atoms with E-state index in [-0.39, 0.29) is 0 Å². The number of aliphatic hydroxyl groups excluding tert-OH is 1. The van der Waals surface area contributed by atoms with Crippen molar-refractivity contribution in [2.75, 3.05) is 0 Å². The Bertz CT molecular complexity index is 557. The Labute approximate surface area is 137 Å². The minimum atomic E-state index is -1.79. The van der Waals surface area contributed by atoms with E-state index in [0.717, 1.165) is 5.56 Å². The topological polar surface area (TPSA) is 20.2 Å². The van der Waals surface area contributed by atoms with Gasteiger partial charge in [0.05, 0.1) is 0 Å². The SMILES string of the molecule is CC(C)[Si](C#CC(O)C#Cc1ccccc1)(C(C)C)C(C)C. The molecular formula is C20H28OSi. The lowest BCUT2D eigenvalue weighted by atomic mass is 10.2. The quantitative estimate of drug-likeness (QED) is 0.638. The fourth-order valence-corrected chi connectivity index (χ4v) is 8.59. The van der Waals surface area contributed by atoms with Crippen molar-refractivity contribution in [3.8, 4) is 23.3 Å². The molecule has 22 heavy (non-hydrogen) atoms. The summed E-state index contributed by atoms with van der Waals surface area (Å²) in [6, 6.07) is 9.70. The summed E-state index contributed by atoms with van der Waals surface area (Å²) in [5.74, 6) is 8.86. The lowest BCUT2D eigenvalue weighted by Gasteiger charge is -2.38. The van der Waals surface area contributed by atoms with E-state index in [2.05, 4.69) is 64.8 Å². The Kier molecular flexibility index (Phi) is 6.94. The van der Waals surface area contributed by atoms with Crippen LogP contribution >= 0.6 is 0 Å². The van der Waals surface area contributed by atoms with Gasteiger partial charge < -0.3 is 5.11 Å². The molecule has 0 saturated heterocycles. The van der Waals surface area contributed by atoms with Crippen molar-refractivity contribution in [1.82, 2.24) is 0 Å². The second kappa shape index (κ2) is 8.23. The minimum absolute atomic E-state index is 0.564. The van der Waals surface area contributed by atoms with E-state index < -0.39 is 14.2 Å². The van der Waals surface area contributed by atoms with Crippen LogP contribution in [0.25, 0.3) is 0 Å². The van der Waals surface area contributed by atoms with Gasteiger partial charge in [0.25, 0.3) is 0 Å². The van der Waals surface area contributed by atoms with Crippen LogP contribution in [0.5, 0.6) is 0 Å². The fourth-order valence-electron chi connectivity index (χ4n) is 3.34. The molecule has 118 valence electrons. The van der Waals surface area contributed by atoms with Gasteiger partial charge in [-0.15, -0.1) is 5.54 Å². The third-order valence-electron chi connectivity index (χ3n) is 4.42. The van der Waals surface area contributed by atoms with Crippen molar-refractivity contribution < 1.29 is 5.11 Å². The Morgan fingerprint density at radius 1 is 0.818 bits per heavy atom. The molecule has 1 nitrogen and oxygen atoms in total. The van der Waals surface area contributed by atoms with Gasteiger partial charge in [-0.1, -0.05) is 77.5 Å². The molecule has 1 N–H and O–H groups in total. The number of aliphatic hydroxyl groups is 1. The molecule has 0 fully saturated rings. The molecule has 0 aliphatic carbocycles. The molecule has 1 rings (SSSR count). The Morgan fingerprint density at radius 2 is 1.32 bits per heavy atom. The number of benzene rings is 1. The van der Waals surface area contributed by atoms with Crippen LogP contribution in [0, 0.1) is 23.3 Å². The molecule has 0 aliphatic heterocycles. The summed E-state index contributed by atoms with van der Waals surface area (Å²) in [5, 5.41) is 10.1. The van der Waals surface area contributed by atoms with Crippen LogP contribution in [-0.4, -0.2) is 19.3 Å². The predicted octanol–water partition coefficient (Wildman–Crippen LogP) is 4.62. The zero-order chi connectivity index (χ0) is 16.8. The lowest BCUT2D eigenvalue weighted by Crippen LogP contribution is -2.43. The standard InChI is InChI=1S/C20H28OSi/c1-16(2)22(17(3)4,18(5)6)15-14-20(21)13-12-19-10-8-7-9-11-19/h7-11,16-18,20-21H,1-6H3. The third-order valence-corrected chi connectivity index (χ3v) is 10.7. The summed E-state index contributed by atoms with van der Waals surface area (Å²) in [4.78, 5) is 0. The molecule has 0 amide bonds. The van der Waals surface area contributed by atoms with E-state index in [1.54, 1.807) is 0 Å². The molecule has 0 spiro atoms. The van der Waals surface area contributed by atoms with Gasteiger partial charge in [-0.2, -0.15) is 0 Å². The van der Waals surface area contributed by atoms with Gasteiger partial charge in [0.1, 0.15) is 8.07 Å². The molecule has 0 bridgehead atoms. The highest BCUT2D eigenvalue weighted by Gasteiger charge is 2.41. The maximum Gasteiger partial charge on any atom is 0.176 e. The molecule has 0 saturated carbocycles. The second-order valence-corrected chi connectivity index (χ2v) is 12.3. The van der Waals surface area contributed by atoms with Crippen LogP contribution in [0.2, 0.25) is 16.6 Å². The van der Waals surface area contributed by atoms with Crippen molar-refractivity contribution in [3.63, 3.8) is 0 Å². The van der Waals surface area contributed by atoms with E-state index in [1.807, 2.05) is 30.3 Å². The molecule has 0 radical (unpaired) electrons. The molecule has 1 atom stereocenters. The average Bonchev–Trinajstić information content (AvgIpc) is 2.45. The predicted molar refractivity (Wildman–Crippen MR) is 98.2 cm³/mol. The van der Waals surface area contributed by atoms with Crippen molar-refractivity contribution in [1.29, 1.82) is 0 Å². The van der Waals surface area contributed by atoms with E-state index >= 15 is 0 Å². The average molecular weight is 313 g/mol. The molecule has 0 aliphatic rings. The summed E-state index contributed by atoms with van der Waals surface area (Å²) in [6.07, 6.45) is -0.872. The first kappa shape index (κ1) is 18.6. The first-order valence-corrected chi connectivity index (χ1v) is 10.3. The number of hydrogen-bond donors (Lipinski definition) is 1. The van der Waals surface area contributed by atoms with Crippen molar-refractivity contribution in [2.24, 2.45) is 0 Å². The number of rotatable bonds is 3. The molecule has 0 heterocycles. The first-order valence-electron chi connectivity index (χ1n) is 8.08. The van der Waals surface area contributed by atoms with Crippen LogP contribution < -0.4 is 0 Å². The Balaban J connectivity index is 3.01. The highest BCUT2D eigenvalue weighted by atomic mass is 28.3. The second-order valence-electron chi connectivity index (χ2n) is 6.70. The summed E-state index contributed by atoms with van der Waals surface area (Å²) >= 11 is 0. The maximum atomic E-state index is 10.1. The zero-order valence-electron chi connectivity index (χ0n) is 14.6. The van der Waals surface area contributed by atoms with Gasteiger partial charge >= 0.3 is 0 Å². The van der Waals surface area contributed by atoms with Gasteiger partial charge in [0.2, 0.25) is 0 Å². The Hall–Kier alpha value is -1.48. The van der Waals surface area contributed by atoms with Crippen molar-refractivity contribution >= 4 is 8.07 Å². The summed E-state index contributed by atoms with van der Waals surface area (Å²) in [6.45, 7) is 13.6. The van der Waals surface area contributed by atoms with Crippen LogP contribution in [0.1, 0.15) is 47.1 Å². The first-order chi connectivity index (χ1) is 10.3. The highest BCUT2D eigenvalue weighted by molar-refractivity contribution is 6.90. The fraction of sp³-hybridized carbons (Fsp3) is 0.500. The summed E-state index contributed by atoms with van der Waals surface area (Å²) in [5.41, 5.74) is 6.10. The van der Waals surface area contributed by atoms with E-state index in [4.69, 9.17) is 0 Å². The largest absolute Gasteiger partial charge is 0.369 e. The van der Waals surface area contributed by atoms with Gasteiger partial charge in [0, 0.05) is 5.56 Å². The molecule has 0 aromatic heterocycles. The van der Waals surface area contributed by atoms with Gasteiger partial charge in [0.15, 0.2) is 6.10 Å². The summed E-state index contributed by atoms with van der Waals surface area (Å²) < 4.78 is 0. The lowest BCUT2D eigenvalue weighted by molar-refractivity contribution is 0.290. The van der Waals surface area contributed by atoms with Crippen molar-refractivity contribution in [3.05, 3.63) is 35.9 Å². The smallest absolute Gasteiger partial charge is 0.176 e. The molecule has 1 aromatic carbocycles. The highest BCUT2D eigenvalue weighted by Crippen LogP contribution is 2.40. The molecule has 1 aromatic rings. The van der Waals surface area contributed by atoms with Gasteiger partial charge in [-0.3, -0.25) is 0 Å². The van der Waals surface area contributed by atoms with Crippen LogP contribution in [0.3, 0.4) is 0 Å². The van der Waals surface area contributed by atoms with Gasteiger partial charge in [-0.05, 0) is 28.8 Å². The van der Waals surface area contributed by atoms with E-state index in [9.17, 15) is 5.11 Å². The molecular weight excluding hydrogens is 284 g/mol. The normalized spacial score (nSPS) is 12.6.